The molecular formula is C13H24N2O2. The Morgan fingerprint density at radius 3 is 2.29 bits per heavy atom. The Bertz CT molecular complexity index is 280. The lowest BCUT2D eigenvalue weighted by molar-refractivity contribution is -0.152. The van der Waals surface area contributed by atoms with Gasteiger partial charge in [-0.1, -0.05) is 20.8 Å². The van der Waals surface area contributed by atoms with Gasteiger partial charge >= 0.3 is 0 Å². The number of nitrogens with one attached hydrogen (secondary N) is 1. The Kier molecular flexibility index (Phi) is 4.69. The van der Waals surface area contributed by atoms with Crippen LogP contribution in [0.15, 0.2) is 0 Å². The smallest absolute Gasteiger partial charge is 0.229 e. The van der Waals surface area contributed by atoms with Crippen molar-refractivity contribution in [2.24, 2.45) is 5.41 Å². The molecular weight excluding hydrogens is 216 g/mol. The highest BCUT2D eigenvalue weighted by Crippen LogP contribution is 2.31. The molecule has 4 heteroatoms. The molecule has 0 aromatic rings. The number of nitrogens with zero attached hydrogens (tertiary/aromatic N) is 1. The van der Waals surface area contributed by atoms with Gasteiger partial charge in [0.25, 0.3) is 0 Å². The predicted molar refractivity (Wildman–Crippen MR) is 67.5 cm³/mol. The van der Waals surface area contributed by atoms with Crippen molar-refractivity contribution < 1.29 is 9.59 Å². The lowest BCUT2D eigenvalue weighted by atomic mass is 9.81. The van der Waals surface area contributed by atoms with Gasteiger partial charge in [0.15, 0.2) is 0 Å². The van der Waals surface area contributed by atoms with Crippen LogP contribution in [0, 0.1) is 5.41 Å². The first kappa shape index (κ1) is 14.2. The van der Waals surface area contributed by atoms with Crippen LogP contribution in [0.2, 0.25) is 0 Å². The van der Waals surface area contributed by atoms with Crippen LogP contribution in [0.4, 0.5) is 0 Å². The van der Waals surface area contributed by atoms with Gasteiger partial charge in [-0.05, 0) is 25.3 Å². The largest absolute Gasteiger partial charge is 0.312 e. The highest BCUT2D eigenvalue weighted by molar-refractivity contribution is 5.98. The van der Waals surface area contributed by atoms with Crippen molar-refractivity contribution >= 4 is 11.8 Å². The van der Waals surface area contributed by atoms with Crippen LogP contribution in [0.25, 0.3) is 0 Å². The van der Waals surface area contributed by atoms with Gasteiger partial charge in [0.2, 0.25) is 11.8 Å². The van der Waals surface area contributed by atoms with Crippen LogP contribution in [-0.2, 0) is 9.59 Å². The molecule has 2 amide bonds. The van der Waals surface area contributed by atoms with E-state index in [0.717, 1.165) is 13.0 Å². The molecule has 0 aromatic carbocycles. The molecule has 4 nitrogen and oxygen atoms in total. The fourth-order valence-corrected chi connectivity index (χ4v) is 2.14. The van der Waals surface area contributed by atoms with Crippen molar-refractivity contribution in [2.75, 3.05) is 13.1 Å². The van der Waals surface area contributed by atoms with E-state index < -0.39 is 0 Å². The topological polar surface area (TPSA) is 49.4 Å². The van der Waals surface area contributed by atoms with E-state index in [2.05, 4.69) is 12.2 Å². The number of carbonyl (C=O) groups is 2. The summed E-state index contributed by atoms with van der Waals surface area (Å²) in [6.07, 6.45) is 2.00. The van der Waals surface area contributed by atoms with Crippen LogP contribution in [-0.4, -0.2) is 35.8 Å². The standard InChI is InChI=1S/C13H24N2O2/c1-5-6-14-10(2)9-15-11(16)7-13(3,4)8-12(15)17/h10,14H,5-9H2,1-4H3. The van der Waals surface area contributed by atoms with Crippen LogP contribution in [0.3, 0.4) is 0 Å². The highest BCUT2D eigenvalue weighted by atomic mass is 16.2. The molecule has 0 spiro atoms. The van der Waals surface area contributed by atoms with Crippen molar-refractivity contribution in [1.29, 1.82) is 0 Å². The molecule has 17 heavy (non-hydrogen) atoms. The van der Waals surface area contributed by atoms with Crippen molar-refractivity contribution in [3.8, 4) is 0 Å². The molecule has 1 saturated heterocycles. The molecule has 1 unspecified atom stereocenters. The summed E-state index contributed by atoms with van der Waals surface area (Å²) in [4.78, 5) is 25.2. The zero-order chi connectivity index (χ0) is 13.1. The van der Waals surface area contributed by atoms with Gasteiger partial charge in [-0.3, -0.25) is 14.5 Å². The molecule has 0 bridgehead atoms. The highest BCUT2D eigenvalue weighted by Gasteiger charge is 2.37. The minimum atomic E-state index is -0.176. The molecule has 1 atom stereocenters. The third kappa shape index (κ3) is 4.11. The quantitative estimate of drug-likeness (QED) is 0.742. The summed E-state index contributed by atoms with van der Waals surface area (Å²) in [7, 11) is 0. The van der Waals surface area contributed by atoms with E-state index in [0.29, 0.717) is 19.4 Å². The zero-order valence-electron chi connectivity index (χ0n) is 11.4. The summed E-state index contributed by atoms with van der Waals surface area (Å²) in [5.41, 5.74) is -0.176. The summed E-state index contributed by atoms with van der Waals surface area (Å²) in [5.74, 6) is -0.0622. The number of imide groups is 1. The summed E-state index contributed by atoms with van der Waals surface area (Å²) in [5, 5.41) is 3.30. The minimum Gasteiger partial charge on any atom is -0.312 e. The maximum atomic E-state index is 11.9. The van der Waals surface area contributed by atoms with E-state index in [1.54, 1.807) is 0 Å². The Labute approximate surface area is 104 Å². The van der Waals surface area contributed by atoms with E-state index in [4.69, 9.17) is 0 Å². The molecule has 98 valence electrons. The second-order valence-corrected chi connectivity index (χ2v) is 5.77. The molecule has 1 aliphatic heterocycles. The van der Waals surface area contributed by atoms with E-state index in [1.807, 2.05) is 20.8 Å². The Morgan fingerprint density at radius 2 is 1.82 bits per heavy atom. The molecule has 1 heterocycles. The maximum absolute atomic E-state index is 11.9. The number of carbonyl (C=O) groups excluding carboxylic acids is 2. The van der Waals surface area contributed by atoms with Gasteiger partial charge in [-0.2, -0.15) is 0 Å². The number of piperidine rings is 1. The molecule has 0 radical (unpaired) electrons. The SMILES string of the molecule is CCCNC(C)CN1C(=O)CC(C)(C)CC1=O. The summed E-state index contributed by atoms with van der Waals surface area (Å²) < 4.78 is 0. The normalized spacial score (nSPS) is 21.8. The molecule has 1 aliphatic rings. The van der Waals surface area contributed by atoms with Crippen molar-refractivity contribution in [1.82, 2.24) is 10.2 Å². The Balaban J connectivity index is 2.54. The number of hydrogen-bond donors (Lipinski definition) is 1. The molecule has 1 fully saturated rings. The average Bonchev–Trinajstić information content (AvgIpc) is 2.19. The first-order chi connectivity index (χ1) is 7.85. The van der Waals surface area contributed by atoms with E-state index in [-0.39, 0.29) is 23.3 Å². The lowest BCUT2D eigenvalue weighted by Crippen LogP contribution is -2.50. The van der Waals surface area contributed by atoms with E-state index in [9.17, 15) is 9.59 Å². The maximum Gasteiger partial charge on any atom is 0.229 e. The van der Waals surface area contributed by atoms with Crippen LogP contribution < -0.4 is 5.32 Å². The molecule has 0 aliphatic carbocycles. The number of amides is 2. The van der Waals surface area contributed by atoms with Gasteiger partial charge < -0.3 is 5.32 Å². The zero-order valence-corrected chi connectivity index (χ0v) is 11.4. The number of rotatable bonds is 5. The van der Waals surface area contributed by atoms with Crippen molar-refractivity contribution in [3.63, 3.8) is 0 Å². The fraction of sp³-hybridized carbons (Fsp3) is 0.846. The lowest BCUT2D eigenvalue weighted by Gasteiger charge is -2.36. The Hall–Kier alpha value is -0.900. The second-order valence-electron chi connectivity index (χ2n) is 5.77. The minimum absolute atomic E-state index is 0.0311. The van der Waals surface area contributed by atoms with Crippen molar-refractivity contribution in [3.05, 3.63) is 0 Å². The van der Waals surface area contributed by atoms with E-state index in [1.165, 1.54) is 4.90 Å². The summed E-state index contributed by atoms with van der Waals surface area (Å²) in [6, 6.07) is 0.170. The summed E-state index contributed by atoms with van der Waals surface area (Å²) >= 11 is 0. The second kappa shape index (κ2) is 5.63. The van der Waals surface area contributed by atoms with Crippen LogP contribution in [0.1, 0.15) is 47.0 Å². The fourth-order valence-electron chi connectivity index (χ4n) is 2.14. The molecule has 0 aromatic heterocycles. The van der Waals surface area contributed by atoms with Crippen molar-refractivity contribution in [2.45, 2.75) is 53.0 Å². The van der Waals surface area contributed by atoms with Gasteiger partial charge in [-0.15, -0.1) is 0 Å². The third-order valence-electron chi connectivity index (χ3n) is 3.06. The first-order valence-corrected chi connectivity index (χ1v) is 6.42. The molecule has 1 rings (SSSR count). The summed E-state index contributed by atoms with van der Waals surface area (Å²) in [6.45, 7) is 9.46. The third-order valence-corrected chi connectivity index (χ3v) is 3.06. The molecule has 0 saturated carbocycles. The number of likely N-dealkylation sites (tertiary alicyclic amines) is 1. The van der Waals surface area contributed by atoms with E-state index >= 15 is 0 Å². The van der Waals surface area contributed by atoms with Gasteiger partial charge in [0, 0.05) is 25.4 Å². The molecule has 1 N–H and O–H groups in total. The monoisotopic (exact) mass is 240 g/mol. The first-order valence-electron chi connectivity index (χ1n) is 6.42. The Morgan fingerprint density at radius 1 is 1.29 bits per heavy atom. The van der Waals surface area contributed by atoms with Crippen LogP contribution in [0.5, 0.6) is 0 Å². The van der Waals surface area contributed by atoms with Crippen LogP contribution >= 0.6 is 0 Å². The average molecular weight is 240 g/mol. The van der Waals surface area contributed by atoms with Gasteiger partial charge in [0.1, 0.15) is 0 Å². The van der Waals surface area contributed by atoms with Gasteiger partial charge in [-0.25, -0.2) is 0 Å². The van der Waals surface area contributed by atoms with Gasteiger partial charge in [0.05, 0.1) is 0 Å². The number of hydrogen-bond acceptors (Lipinski definition) is 3. The predicted octanol–water partition coefficient (Wildman–Crippen LogP) is 1.55.